The van der Waals surface area contributed by atoms with Crippen LogP contribution < -0.4 is 24.3 Å². The largest absolute Gasteiger partial charge is 0.493 e. The molecule has 9 heteroatoms. The number of amides is 2. The van der Waals surface area contributed by atoms with E-state index in [2.05, 4.69) is 10.2 Å². The monoisotopic (exact) mass is 495 g/mol. The zero-order chi connectivity index (χ0) is 25.1. The van der Waals surface area contributed by atoms with E-state index in [9.17, 15) is 9.59 Å². The lowest BCUT2D eigenvalue weighted by molar-refractivity contribution is -0.138. The van der Waals surface area contributed by atoms with Crippen molar-refractivity contribution in [3.8, 4) is 23.0 Å². The van der Waals surface area contributed by atoms with Crippen LogP contribution in [0.3, 0.4) is 0 Å². The molecule has 0 aromatic heterocycles. The average Bonchev–Trinajstić information content (AvgIpc) is 3.39. The predicted octanol–water partition coefficient (Wildman–Crippen LogP) is 2.46. The SMILES string of the molecule is COc1cc2c(cc1OC)CN(C(=O)[C@H]1CCCN(CCNC(=O)c3ccc4c(c3)OCO4)C1)CC2. The van der Waals surface area contributed by atoms with E-state index < -0.39 is 0 Å². The molecule has 3 aliphatic heterocycles. The fourth-order valence-corrected chi connectivity index (χ4v) is 5.26. The molecule has 2 amide bonds. The highest BCUT2D eigenvalue weighted by Crippen LogP contribution is 2.34. The summed E-state index contributed by atoms with van der Waals surface area (Å²) < 4.78 is 21.5. The fourth-order valence-electron chi connectivity index (χ4n) is 5.26. The molecule has 0 bridgehead atoms. The van der Waals surface area contributed by atoms with Gasteiger partial charge in [0.05, 0.1) is 20.1 Å². The van der Waals surface area contributed by atoms with Crippen molar-refractivity contribution in [2.75, 3.05) is 53.7 Å². The third kappa shape index (κ3) is 5.06. The standard InChI is InChI=1S/C27H33N3O6/c1-33-23-12-18-7-10-30(16-21(18)14-24(23)34-2)27(32)20-4-3-9-29(15-20)11-8-28-26(31)19-5-6-22-25(13-19)36-17-35-22/h5-6,12-14,20H,3-4,7-11,15-17H2,1-2H3,(H,28,31)/t20-/m0/s1. The van der Waals surface area contributed by atoms with Crippen molar-refractivity contribution in [1.29, 1.82) is 0 Å². The summed E-state index contributed by atoms with van der Waals surface area (Å²) in [4.78, 5) is 30.2. The van der Waals surface area contributed by atoms with Crippen LogP contribution in [0, 0.1) is 5.92 Å². The minimum absolute atomic E-state index is 0.0231. The molecule has 0 radical (unpaired) electrons. The quantitative estimate of drug-likeness (QED) is 0.631. The Balaban J connectivity index is 1.13. The summed E-state index contributed by atoms with van der Waals surface area (Å²) in [7, 11) is 3.27. The number of hydrogen-bond acceptors (Lipinski definition) is 7. The first kappa shape index (κ1) is 24.2. The van der Waals surface area contributed by atoms with Crippen LogP contribution in [0.5, 0.6) is 23.0 Å². The molecule has 0 saturated carbocycles. The Morgan fingerprint density at radius 2 is 1.81 bits per heavy atom. The van der Waals surface area contributed by atoms with E-state index in [1.54, 1.807) is 32.4 Å². The summed E-state index contributed by atoms with van der Waals surface area (Å²) >= 11 is 0. The molecule has 0 aliphatic carbocycles. The Labute approximate surface area is 211 Å². The minimum Gasteiger partial charge on any atom is -0.493 e. The van der Waals surface area contributed by atoms with Gasteiger partial charge in [0.2, 0.25) is 12.7 Å². The molecule has 2 aromatic rings. The van der Waals surface area contributed by atoms with Gasteiger partial charge in [0.1, 0.15) is 0 Å². The second-order valence-electron chi connectivity index (χ2n) is 9.45. The molecule has 5 rings (SSSR count). The van der Waals surface area contributed by atoms with Crippen molar-refractivity contribution in [3.63, 3.8) is 0 Å². The molecule has 1 N–H and O–H groups in total. The first-order valence-electron chi connectivity index (χ1n) is 12.5. The lowest BCUT2D eigenvalue weighted by Gasteiger charge is -2.37. The van der Waals surface area contributed by atoms with Crippen LogP contribution in [0.1, 0.15) is 34.3 Å². The van der Waals surface area contributed by atoms with Crippen molar-refractivity contribution in [2.45, 2.75) is 25.8 Å². The predicted molar refractivity (Wildman–Crippen MR) is 133 cm³/mol. The Morgan fingerprint density at radius 1 is 1.03 bits per heavy atom. The summed E-state index contributed by atoms with van der Waals surface area (Å²) in [6.07, 6.45) is 2.68. The van der Waals surface area contributed by atoms with Crippen LogP contribution in [-0.2, 0) is 17.8 Å². The van der Waals surface area contributed by atoms with Crippen LogP contribution in [0.2, 0.25) is 0 Å². The molecule has 192 valence electrons. The summed E-state index contributed by atoms with van der Waals surface area (Å²) in [6.45, 7) is 4.37. The average molecular weight is 496 g/mol. The third-order valence-electron chi connectivity index (χ3n) is 7.23. The zero-order valence-electron chi connectivity index (χ0n) is 20.9. The van der Waals surface area contributed by atoms with Crippen LogP contribution in [0.15, 0.2) is 30.3 Å². The molecule has 3 aliphatic rings. The number of rotatable bonds is 7. The van der Waals surface area contributed by atoms with Gasteiger partial charge in [0, 0.05) is 38.3 Å². The number of ether oxygens (including phenoxy) is 4. The zero-order valence-corrected chi connectivity index (χ0v) is 20.9. The van der Waals surface area contributed by atoms with Gasteiger partial charge >= 0.3 is 0 Å². The van der Waals surface area contributed by atoms with Gasteiger partial charge < -0.3 is 34.1 Å². The van der Waals surface area contributed by atoms with Crippen molar-refractivity contribution < 1.29 is 28.5 Å². The maximum atomic E-state index is 13.4. The molecular weight excluding hydrogens is 462 g/mol. The molecule has 36 heavy (non-hydrogen) atoms. The lowest BCUT2D eigenvalue weighted by atomic mass is 9.93. The number of nitrogens with zero attached hydrogens (tertiary/aromatic N) is 2. The number of carbonyl (C=O) groups is 2. The molecule has 3 heterocycles. The highest BCUT2D eigenvalue weighted by Gasteiger charge is 2.31. The molecule has 0 spiro atoms. The lowest BCUT2D eigenvalue weighted by Crippen LogP contribution is -2.47. The van der Waals surface area contributed by atoms with Gasteiger partial charge in [0.15, 0.2) is 23.0 Å². The summed E-state index contributed by atoms with van der Waals surface area (Å²) in [5.74, 6) is 2.72. The van der Waals surface area contributed by atoms with E-state index in [1.165, 1.54) is 5.56 Å². The Bertz CT molecular complexity index is 1140. The number of piperidine rings is 1. The van der Waals surface area contributed by atoms with Crippen molar-refractivity contribution in [2.24, 2.45) is 5.92 Å². The van der Waals surface area contributed by atoms with E-state index in [1.807, 2.05) is 17.0 Å². The van der Waals surface area contributed by atoms with Crippen LogP contribution in [-0.4, -0.2) is 75.4 Å². The molecule has 1 fully saturated rings. The highest BCUT2D eigenvalue weighted by atomic mass is 16.7. The minimum atomic E-state index is -0.142. The Hall–Kier alpha value is -3.46. The summed E-state index contributed by atoms with van der Waals surface area (Å²) in [5.41, 5.74) is 2.87. The van der Waals surface area contributed by atoms with Crippen molar-refractivity contribution in [1.82, 2.24) is 15.1 Å². The van der Waals surface area contributed by atoms with E-state index in [4.69, 9.17) is 18.9 Å². The van der Waals surface area contributed by atoms with Crippen LogP contribution >= 0.6 is 0 Å². The van der Waals surface area contributed by atoms with E-state index >= 15 is 0 Å². The number of benzene rings is 2. The number of likely N-dealkylation sites (tertiary alicyclic amines) is 1. The molecule has 2 aromatic carbocycles. The van der Waals surface area contributed by atoms with Gasteiger partial charge in [-0.15, -0.1) is 0 Å². The molecule has 0 unspecified atom stereocenters. The second-order valence-corrected chi connectivity index (χ2v) is 9.45. The van der Waals surface area contributed by atoms with Crippen molar-refractivity contribution >= 4 is 11.8 Å². The van der Waals surface area contributed by atoms with E-state index in [0.717, 1.165) is 37.1 Å². The molecule has 1 saturated heterocycles. The highest BCUT2D eigenvalue weighted by molar-refractivity contribution is 5.94. The first-order valence-corrected chi connectivity index (χ1v) is 12.5. The maximum absolute atomic E-state index is 13.4. The molecular formula is C27H33N3O6. The normalized spacial score (nSPS) is 18.9. The van der Waals surface area contributed by atoms with Gasteiger partial charge in [-0.25, -0.2) is 0 Å². The smallest absolute Gasteiger partial charge is 0.251 e. The van der Waals surface area contributed by atoms with Gasteiger partial charge in [-0.2, -0.15) is 0 Å². The number of fused-ring (bicyclic) bond motifs is 2. The number of methoxy groups -OCH3 is 2. The maximum Gasteiger partial charge on any atom is 0.251 e. The van der Waals surface area contributed by atoms with E-state index in [-0.39, 0.29) is 24.5 Å². The third-order valence-corrected chi connectivity index (χ3v) is 7.23. The van der Waals surface area contributed by atoms with Gasteiger partial charge in [-0.3, -0.25) is 9.59 Å². The van der Waals surface area contributed by atoms with Crippen LogP contribution in [0.25, 0.3) is 0 Å². The second kappa shape index (κ2) is 10.7. The number of carbonyl (C=O) groups excluding carboxylic acids is 2. The number of hydrogen-bond donors (Lipinski definition) is 1. The summed E-state index contributed by atoms with van der Waals surface area (Å²) in [5, 5.41) is 2.98. The fraction of sp³-hybridized carbons (Fsp3) is 0.481. The van der Waals surface area contributed by atoms with Crippen molar-refractivity contribution in [3.05, 3.63) is 47.0 Å². The Morgan fingerprint density at radius 3 is 2.61 bits per heavy atom. The molecule has 9 nitrogen and oxygen atoms in total. The molecule has 1 atom stereocenters. The van der Waals surface area contributed by atoms with Gasteiger partial charge in [-0.1, -0.05) is 0 Å². The topological polar surface area (TPSA) is 89.6 Å². The first-order chi connectivity index (χ1) is 17.6. The van der Waals surface area contributed by atoms with Gasteiger partial charge in [0.25, 0.3) is 5.91 Å². The van der Waals surface area contributed by atoms with Crippen LogP contribution in [0.4, 0.5) is 0 Å². The number of nitrogens with one attached hydrogen (secondary N) is 1. The summed E-state index contributed by atoms with van der Waals surface area (Å²) in [6, 6.07) is 9.21. The van der Waals surface area contributed by atoms with Gasteiger partial charge in [-0.05, 0) is 67.3 Å². The van der Waals surface area contributed by atoms with E-state index in [0.29, 0.717) is 55.5 Å². The Kier molecular flexibility index (Phi) is 7.18.